The maximum absolute atomic E-state index is 13.8. The van der Waals surface area contributed by atoms with E-state index < -0.39 is 17.4 Å². The van der Waals surface area contributed by atoms with Gasteiger partial charge in [-0.05, 0) is 31.4 Å². The smallest absolute Gasteiger partial charge is 0.200 e. The second-order valence-corrected chi connectivity index (χ2v) is 6.36. The van der Waals surface area contributed by atoms with Crippen LogP contribution < -0.4 is 0 Å². The summed E-state index contributed by atoms with van der Waals surface area (Å²) in [7, 11) is 0. The van der Waals surface area contributed by atoms with Crippen LogP contribution >= 0.6 is 0 Å². The number of halogens is 2. The van der Waals surface area contributed by atoms with E-state index in [-0.39, 0.29) is 17.8 Å². The molecule has 0 heterocycles. The third kappa shape index (κ3) is 4.19. The number of aromatic hydroxyl groups is 1. The van der Waals surface area contributed by atoms with E-state index in [1.165, 1.54) is 25.0 Å². The maximum Gasteiger partial charge on any atom is 0.200 e. The van der Waals surface area contributed by atoms with E-state index in [9.17, 15) is 13.9 Å². The number of unbranched alkanes of at least 4 members (excludes halogenated alkanes) is 2. The van der Waals surface area contributed by atoms with Crippen LogP contribution in [0.2, 0.25) is 0 Å². The monoisotopic (exact) mass is 312 g/mol. The van der Waals surface area contributed by atoms with Crippen LogP contribution in [0.25, 0.3) is 0 Å². The van der Waals surface area contributed by atoms with Crippen LogP contribution in [0.1, 0.15) is 70.3 Å². The van der Waals surface area contributed by atoms with Crippen LogP contribution in [0.5, 0.6) is 5.75 Å². The zero-order valence-electron chi connectivity index (χ0n) is 13.3. The molecule has 1 aliphatic rings. The molecule has 124 valence electrons. The number of hydrogen-bond acceptors (Lipinski definition) is 2. The summed E-state index contributed by atoms with van der Waals surface area (Å²) in [6.45, 7) is 2.23. The van der Waals surface area contributed by atoms with E-state index in [1.54, 1.807) is 0 Å². The molecule has 0 amide bonds. The Morgan fingerprint density at radius 3 is 2.50 bits per heavy atom. The molecule has 1 aliphatic carbocycles. The van der Waals surface area contributed by atoms with Crippen molar-refractivity contribution in [2.75, 3.05) is 0 Å². The second-order valence-electron chi connectivity index (χ2n) is 6.36. The molecule has 0 unspecified atom stereocenters. The summed E-state index contributed by atoms with van der Waals surface area (Å²) in [6, 6.07) is 2.58. The Labute approximate surface area is 131 Å². The molecule has 0 aromatic heterocycles. The summed E-state index contributed by atoms with van der Waals surface area (Å²) in [5, 5.41) is 9.18. The third-order valence-corrected chi connectivity index (χ3v) is 4.68. The zero-order chi connectivity index (χ0) is 16.0. The van der Waals surface area contributed by atoms with Gasteiger partial charge in [0.2, 0.25) is 5.82 Å². The molecular formula is C18H26F2O2. The predicted molar refractivity (Wildman–Crippen MR) is 82.8 cm³/mol. The van der Waals surface area contributed by atoms with Crippen molar-refractivity contribution < 1.29 is 18.6 Å². The summed E-state index contributed by atoms with van der Waals surface area (Å²) in [6.07, 6.45) is 9.93. The highest BCUT2D eigenvalue weighted by molar-refractivity contribution is 5.29. The number of benzene rings is 1. The van der Waals surface area contributed by atoms with Crippen molar-refractivity contribution in [2.24, 2.45) is 0 Å². The first-order chi connectivity index (χ1) is 10.6. The molecule has 0 aliphatic heterocycles. The molecule has 0 saturated heterocycles. The SMILES string of the molecule is CCCCCC1(OCc2ccc(O)c(F)c2F)CCCCC1. The van der Waals surface area contributed by atoms with Gasteiger partial charge in [0.15, 0.2) is 11.6 Å². The van der Waals surface area contributed by atoms with E-state index in [0.717, 1.165) is 44.9 Å². The predicted octanol–water partition coefficient (Wildman–Crippen LogP) is 5.47. The van der Waals surface area contributed by atoms with E-state index in [1.807, 2.05) is 0 Å². The molecule has 2 nitrogen and oxygen atoms in total. The van der Waals surface area contributed by atoms with Gasteiger partial charge >= 0.3 is 0 Å². The molecule has 2 rings (SSSR count). The molecule has 0 spiro atoms. The quantitative estimate of drug-likeness (QED) is 0.676. The summed E-state index contributed by atoms with van der Waals surface area (Å²) >= 11 is 0. The summed E-state index contributed by atoms with van der Waals surface area (Å²) < 4.78 is 33.3. The van der Waals surface area contributed by atoms with Gasteiger partial charge in [-0.2, -0.15) is 4.39 Å². The minimum absolute atomic E-state index is 0.0646. The van der Waals surface area contributed by atoms with E-state index >= 15 is 0 Å². The molecule has 0 bridgehead atoms. The summed E-state index contributed by atoms with van der Waals surface area (Å²) in [5.41, 5.74) is -0.00968. The number of hydrogen-bond donors (Lipinski definition) is 1. The van der Waals surface area contributed by atoms with Gasteiger partial charge in [-0.1, -0.05) is 45.4 Å². The fourth-order valence-corrected chi connectivity index (χ4v) is 3.28. The number of phenols is 1. The fourth-order valence-electron chi connectivity index (χ4n) is 3.28. The average Bonchev–Trinajstić information content (AvgIpc) is 2.53. The molecule has 1 fully saturated rings. The Kier molecular flexibility index (Phi) is 6.18. The van der Waals surface area contributed by atoms with Crippen LogP contribution in [0, 0.1) is 11.6 Å². The van der Waals surface area contributed by atoms with Gasteiger partial charge in [0.05, 0.1) is 12.2 Å². The van der Waals surface area contributed by atoms with E-state index in [0.29, 0.717) is 0 Å². The van der Waals surface area contributed by atoms with Crippen molar-refractivity contribution in [3.8, 4) is 5.75 Å². The first kappa shape index (κ1) is 17.2. The fraction of sp³-hybridized carbons (Fsp3) is 0.667. The molecule has 22 heavy (non-hydrogen) atoms. The van der Waals surface area contributed by atoms with Crippen LogP contribution in [-0.2, 0) is 11.3 Å². The van der Waals surface area contributed by atoms with Crippen molar-refractivity contribution in [3.63, 3.8) is 0 Å². The van der Waals surface area contributed by atoms with Crippen LogP contribution in [0.4, 0.5) is 8.78 Å². The topological polar surface area (TPSA) is 29.5 Å². The van der Waals surface area contributed by atoms with E-state index in [4.69, 9.17) is 4.74 Å². The Morgan fingerprint density at radius 1 is 1.09 bits per heavy atom. The highest BCUT2D eigenvalue weighted by Gasteiger charge is 2.32. The van der Waals surface area contributed by atoms with Gasteiger partial charge in [0.25, 0.3) is 0 Å². The van der Waals surface area contributed by atoms with Crippen LogP contribution in [-0.4, -0.2) is 10.7 Å². The normalized spacial score (nSPS) is 17.6. The number of rotatable bonds is 7. The van der Waals surface area contributed by atoms with Crippen molar-refractivity contribution in [1.82, 2.24) is 0 Å². The number of phenolic OH excluding ortho intramolecular Hbond substituents is 1. The minimum Gasteiger partial charge on any atom is -0.505 e. The summed E-state index contributed by atoms with van der Waals surface area (Å²) in [4.78, 5) is 0. The molecule has 1 aromatic carbocycles. The minimum atomic E-state index is -1.19. The van der Waals surface area contributed by atoms with Crippen molar-refractivity contribution >= 4 is 0 Å². The first-order valence-electron chi connectivity index (χ1n) is 8.38. The molecule has 0 atom stereocenters. The lowest BCUT2D eigenvalue weighted by atomic mass is 9.81. The maximum atomic E-state index is 13.8. The Morgan fingerprint density at radius 2 is 1.82 bits per heavy atom. The lowest BCUT2D eigenvalue weighted by Gasteiger charge is -2.37. The largest absolute Gasteiger partial charge is 0.505 e. The Bertz CT molecular complexity index is 482. The van der Waals surface area contributed by atoms with Gasteiger partial charge in [-0.15, -0.1) is 0 Å². The van der Waals surface area contributed by atoms with Gasteiger partial charge in [-0.3, -0.25) is 0 Å². The molecule has 0 radical (unpaired) electrons. The average molecular weight is 312 g/mol. The Hall–Kier alpha value is -1.16. The zero-order valence-corrected chi connectivity index (χ0v) is 13.3. The molecule has 1 N–H and O–H groups in total. The van der Waals surface area contributed by atoms with E-state index in [2.05, 4.69) is 6.92 Å². The molecule has 1 aromatic rings. The standard InChI is InChI=1S/C18H26F2O2/c1-2-3-5-10-18(11-6-4-7-12-18)22-13-14-8-9-15(21)17(20)16(14)19/h8-9,21H,2-7,10-13H2,1H3. The molecule has 1 saturated carbocycles. The van der Waals surface area contributed by atoms with Crippen molar-refractivity contribution in [2.45, 2.75) is 76.9 Å². The Balaban J connectivity index is 2.03. The van der Waals surface area contributed by atoms with Gasteiger partial charge in [0, 0.05) is 5.56 Å². The van der Waals surface area contributed by atoms with Crippen LogP contribution in [0.15, 0.2) is 12.1 Å². The molecule has 4 heteroatoms. The van der Waals surface area contributed by atoms with Gasteiger partial charge in [-0.25, -0.2) is 4.39 Å². The lowest BCUT2D eigenvalue weighted by Crippen LogP contribution is -2.35. The highest BCUT2D eigenvalue weighted by Crippen LogP contribution is 2.37. The van der Waals surface area contributed by atoms with Gasteiger partial charge < -0.3 is 9.84 Å². The van der Waals surface area contributed by atoms with Crippen molar-refractivity contribution in [3.05, 3.63) is 29.3 Å². The first-order valence-corrected chi connectivity index (χ1v) is 8.38. The summed E-state index contributed by atoms with van der Waals surface area (Å²) in [5.74, 6) is -2.85. The third-order valence-electron chi connectivity index (χ3n) is 4.68. The second kappa shape index (κ2) is 7.91. The number of ether oxygens (including phenoxy) is 1. The van der Waals surface area contributed by atoms with Crippen molar-refractivity contribution in [1.29, 1.82) is 0 Å². The highest BCUT2D eigenvalue weighted by atomic mass is 19.2. The van der Waals surface area contributed by atoms with Gasteiger partial charge in [0.1, 0.15) is 0 Å². The molecular weight excluding hydrogens is 286 g/mol. The lowest BCUT2D eigenvalue weighted by molar-refractivity contribution is -0.0878. The van der Waals surface area contributed by atoms with Crippen LogP contribution in [0.3, 0.4) is 0 Å².